The third-order valence-corrected chi connectivity index (χ3v) is 4.18. The molecule has 1 aromatic heterocycles. The monoisotopic (exact) mass is 372 g/mol. The Morgan fingerprint density at radius 2 is 2.00 bits per heavy atom. The predicted molar refractivity (Wildman–Crippen MR) is 105 cm³/mol. The molecule has 0 atom stereocenters. The van der Waals surface area contributed by atoms with Crippen molar-refractivity contribution >= 4 is 17.5 Å². The maximum absolute atomic E-state index is 12.7. The molecule has 0 spiro atoms. The first-order chi connectivity index (χ1) is 12.6. The zero-order valence-electron chi connectivity index (χ0n) is 16.8. The number of rotatable bonds is 7. The number of aryl methyl sites for hydroxylation is 1. The van der Waals surface area contributed by atoms with Crippen molar-refractivity contribution in [2.75, 3.05) is 12.4 Å². The third kappa shape index (κ3) is 5.32. The Kier molecular flexibility index (Phi) is 6.25. The number of likely N-dealkylation sites (N-methyl/N-ethyl adjacent to an activating group) is 1. The second kappa shape index (κ2) is 8.24. The molecule has 0 fully saturated rings. The molecule has 0 aliphatic rings. The Morgan fingerprint density at radius 3 is 2.63 bits per heavy atom. The average Bonchev–Trinajstić information content (AvgIpc) is 3.00. The summed E-state index contributed by atoms with van der Waals surface area (Å²) in [5.74, 6) is 0.529. The van der Waals surface area contributed by atoms with Crippen LogP contribution in [0, 0.1) is 6.92 Å². The Labute approximate surface area is 160 Å². The van der Waals surface area contributed by atoms with Crippen LogP contribution in [-0.2, 0) is 16.1 Å². The van der Waals surface area contributed by atoms with E-state index in [4.69, 9.17) is 4.74 Å². The van der Waals surface area contributed by atoms with E-state index in [1.807, 2.05) is 25.1 Å². The minimum atomic E-state index is -1.08. The van der Waals surface area contributed by atoms with E-state index in [2.05, 4.69) is 29.6 Å². The Hall–Kier alpha value is -2.83. The van der Waals surface area contributed by atoms with Crippen LogP contribution in [0.15, 0.2) is 30.6 Å². The molecule has 2 aromatic rings. The van der Waals surface area contributed by atoms with Crippen molar-refractivity contribution in [2.45, 2.75) is 52.7 Å². The second-order valence-electron chi connectivity index (χ2n) is 7.36. The lowest BCUT2D eigenvalue weighted by atomic mass is 10.00. The fourth-order valence-corrected chi connectivity index (χ4v) is 2.55. The zero-order valence-corrected chi connectivity index (χ0v) is 16.8. The lowest BCUT2D eigenvalue weighted by Crippen LogP contribution is -2.42. The van der Waals surface area contributed by atoms with E-state index in [1.54, 1.807) is 27.1 Å². The van der Waals surface area contributed by atoms with Crippen molar-refractivity contribution in [2.24, 2.45) is 0 Å². The summed E-state index contributed by atoms with van der Waals surface area (Å²) in [6.07, 6.45) is 3.11. The van der Waals surface area contributed by atoms with Gasteiger partial charge in [0.05, 0.1) is 11.9 Å². The smallest absolute Gasteiger partial charge is 0.268 e. The van der Waals surface area contributed by atoms with Crippen LogP contribution < -0.4 is 15.4 Å². The molecule has 0 saturated heterocycles. The number of aromatic nitrogens is 2. The highest BCUT2D eigenvalue weighted by molar-refractivity contribution is 5.96. The number of nitrogens with one attached hydrogen (secondary N) is 2. The quantitative estimate of drug-likeness (QED) is 0.783. The van der Waals surface area contributed by atoms with E-state index < -0.39 is 5.60 Å². The lowest BCUT2D eigenvalue weighted by molar-refractivity contribution is -0.128. The molecular formula is C20H28N4O3. The minimum Gasteiger partial charge on any atom is -0.478 e. The number of anilines is 1. The van der Waals surface area contributed by atoms with Crippen LogP contribution in [0.25, 0.3) is 0 Å². The third-order valence-electron chi connectivity index (χ3n) is 4.18. The SMILES string of the molecule is CNC(=O)Cn1cc(NC(=O)C(C)(C)Oc2cc(C)ccc2C(C)C)cn1. The van der Waals surface area contributed by atoms with E-state index >= 15 is 0 Å². The molecule has 1 heterocycles. The Balaban J connectivity index is 2.12. The summed E-state index contributed by atoms with van der Waals surface area (Å²) >= 11 is 0. The van der Waals surface area contributed by atoms with Gasteiger partial charge in [-0.3, -0.25) is 14.3 Å². The van der Waals surface area contributed by atoms with Gasteiger partial charge in [-0.15, -0.1) is 0 Å². The standard InChI is InChI=1S/C20H28N4O3/c1-13(2)16-8-7-14(3)9-17(16)27-20(4,5)19(26)23-15-10-22-24(11-15)12-18(25)21-6/h7-11,13H,12H2,1-6H3,(H,21,25)(H,23,26). The summed E-state index contributed by atoms with van der Waals surface area (Å²) in [7, 11) is 1.56. The molecule has 0 radical (unpaired) electrons. The summed E-state index contributed by atoms with van der Waals surface area (Å²) in [5.41, 5.74) is 1.55. The van der Waals surface area contributed by atoms with E-state index in [9.17, 15) is 9.59 Å². The Bertz CT molecular complexity index is 824. The number of carbonyl (C=O) groups excluding carboxylic acids is 2. The van der Waals surface area contributed by atoms with Crippen LogP contribution >= 0.6 is 0 Å². The molecule has 0 aliphatic heterocycles. The van der Waals surface area contributed by atoms with Gasteiger partial charge >= 0.3 is 0 Å². The van der Waals surface area contributed by atoms with Gasteiger partial charge in [0, 0.05) is 13.2 Å². The first-order valence-electron chi connectivity index (χ1n) is 8.96. The van der Waals surface area contributed by atoms with Gasteiger partial charge in [0.2, 0.25) is 5.91 Å². The molecule has 1 aromatic carbocycles. The van der Waals surface area contributed by atoms with E-state index in [1.165, 1.54) is 10.9 Å². The molecule has 0 bridgehead atoms. The lowest BCUT2D eigenvalue weighted by Gasteiger charge is -2.27. The van der Waals surface area contributed by atoms with Crippen LogP contribution in [0.1, 0.15) is 44.7 Å². The highest BCUT2D eigenvalue weighted by Gasteiger charge is 2.31. The van der Waals surface area contributed by atoms with Gasteiger partial charge in [0.25, 0.3) is 5.91 Å². The number of hydrogen-bond acceptors (Lipinski definition) is 4. The summed E-state index contributed by atoms with van der Waals surface area (Å²) in [4.78, 5) is 24.2. The normalized spacial score (nSPS) is 11.4. The highest BCUT2D eigenvalue weighted by Crippen LogP contribution is 2.30. The maximum atomic E-state index is 12.7. The predicted octanol–water partition coefficient (Wildman–Crippen LogP) is 2.86. The summed E-state index contributed by atoms with van der Waals surface area (Å²) < 4.78 is 7.55. The molecule has 27 heavy (non-hydrogen) atoms. The van der Waals surface area contributed by atoms with E-state index in [-0.39, 0.29) is 24.3 Å². The van der Waals surface area contributed by atoms with Gasteiger partial charge in [-0.2, -0.15) is 5.10 Å². The molecule has 0 aliphatic carbocycles. The number of carbonyl (C=O) groups is 2. The van der Waals surface area contributed by atoms with Gasteiger partial charge in [0.1, 0.15) is 12.3 Å². The first-order valence-corrected chi connectivity index (χ1v) is 8.96. The van der Waals surface area contributed by atoms with Crippen LogP contribution in [0.4, 0.5) is 5.69 Å². The van der Waals surface area contributed by atoms with Crippen LogP contribution in [0.5, 0.6) is 5.75 Å². The molecule has 7 nitrogen and oxygen atoms in total. The van der Waals surface area contributed by atoms with Crippen molar-refractivity contribution < 1.29 is 14.3 Å². The fourth-order valence-electron chi connectivity index (χ4n) is 2.55. The Morgan fingerprint density at radius 1 is 1.30 bits per heavy atom. The number of ether oxygens (including phenoxy) is 1. The maximum Gasteiger partial charge on any atom is 0.268 e. The topological polar surface area (TPSA) is 85.2 Å². The van der Waals surface area contributed by atoms with Crippen LogP contribution in [0.3, 0.4) is 0 Å². The van der Waals surface area contributed by atoms with Crippen molar-refractivity contribution in [3.63, 3.8) is 0 Å². The molecule has 2 rings (SSSR count). The number of benzene rings is 1. The number of hydrogen-bond donors (Lipinski definition) is 2. The molecule has 7 heteroatoms. The van der Waals surface area contributed by atoms with Gasteiger partial charge in [0.15, 0.2) is 5.60 Å². The molecule has 0 saturated carbocycles. The highest BCUT2D eigenvalue weighted by atomic mass is 16.5. The van der Waals surface area contributed by atoms with Crippen molar-refractivity contribution in [1.82, 2.24) is 15.1 Å². The average molecular weight is 372 g/mol. The summed E-state index contributed by atoms with van der Waals surface area (Å²) in [6.45, 7) is 9.71. The van der Waals surface area contributed by atoms with Crippen LogP contribution in [-0.4, -0.2) is 34.2 Å². The second-order valence-corrected chi connectivity index (χ2v) is 7.36. The molecule has 146 valence electrons. The molecule has 2 N–H and O–H groups in total. The van der Waals surface area contributed by atoms with Crippen molar-refractivity contribution in [3.8, 4) is 5.75 Å². The van der Waals surface area contributed by atoms with Gasteiger partial charge < -0.3 is 15.4 Å². The van der Waals surface area contributed by atoms with E-state index in [0.717, 1.165) is 11.1 Å². The minimum absolute atomic E-state index is 0.0906. The van der Waals surface area contributed by atoms with Crippen molar-refractivity contribution in [3.05, 3.63) is 41.7 Å². The van der Waals surface area contributed by atoms with Gasteiger partial charge in [-0.05, 0) is 43.9 Å². The van der Waals surface area contributed by atoms with E-state index in [0.29, 0.717) is 11.4 Å². The largest absolute Gasteiger partial charge is 0.478 e. The molecule has 2 amide bonds. The molecular weight excluding hydrogens is 344 g/mol. The molecule has 0 unspecified atom stereocenters. The van der Waals surface area contributed by atoms with Crippen LogP contribution in [0.2, 0.25) is 0 Å². The zero-order chi connectivity index (χ0) is 20.2. The number of amides is 2. The number of nitrogens with zero attached hydrogens (tertiary/aromatic N) is 2. The van der Waals surface area contributed by atoms with Gasteiger partial charge in [-0.1, -0.05) is 26.0 Å². The van der Waals surface area contributed by atoms with Gasteiger partial charge in [-0.25, -0.2) is 0 Å². The fraction of sp³-hybridized carbons (Fsp3) is 0.450. The first kappa shape index (κ1) is 20.5. The summed E-state index contributed by atoms with van der Waals surface area (Å²) in [5, 5.41) is 9.40. The summed E-state index contributed by atoms with van der Waals surface area (Å²) in [6, 6.07) is 6.02. The van der Waals surface area contributed by atoms with Crippen molar-refractivity contribution in [1.29, 1.82) is 0 Å².